The third kappa shape index (κ3) is 3.97. The minimum absolute atomic E-state index is 0.0507. The normalized spacial score (nSPS) is 11.2. The second-order valence-corrected chi connectivity index (χ2v) is 4.80. The van der Waals surface area contributed by atoms with Crippen LogP contribution in [0, 0.1) is 0 Å². The molecule has 2 rings (SSSR count). The van der Waals surface area contributed by atoms with Crippen LogP contribution < -0.4 is 11.1 Å². The van der Waals surface area contributed by atoms with Crippen LogP contribution in [0.2, 0.25) is 5.02 Å². The van der Waals surface area contributed by atoms with Crippen LogP contribution in [0.1, 0.15) is 11.1 Å². The van der Waals surface area contributed by atoms with Crippen molar-refractivity contribution < 1.29 is 10.0 Å². The van der Waals surface area contributed by atoms with Crippen LogP contribution in [0.15, 0.2) is 53.7 Å². The summed E-state index contributed by atoms with van der Waals surface area (Å²) < 4.78 is 0. The van der Waals surface area contributed by atoms with Crippen molar-refractivity contribution >= 4 is 29.0 Å². The van der Waals surface area contributed by atoms with E-state index < -0.39 is 0 Å². The number of amidine groups is 1. The lowest BCUT2D eigenvalue weighted by Crippen LogP contribution is -2.17. The van der Waals surface area contributed by atoms with E-state index in [1.54, 1.807) is 18.2 Å². The molecule has 0 heterocycles. The average Bonchev–Trinajstić information content (AvgIpc) is 2.49. The fourth-order valence-electron chi connectivity index (χ4n) is 1.81. The van der Waals surface area contributed by atoms with E-state index >= 15 is 0 Å². The van der Waals surface area contributed by atoms with Crippen LogP contribution in [-0.4, -0.2) is 17.0 Å². The molecule has 0 saturated carbocycles. The summed E-state index contributed by atoms with van der Waals surface area (Å²) in [6.07, 6.45) is 0.241. The van der Waals surface area contributed by atoms with Gasteiger partial charge >= 0.3 is 0 Å². The highest BCUT2D eigenvalue weighted by molar-refractivity contribution is 6.34. The summed E-state index contributed by atoms with van der Waals surface area (Å²) in [6.45, 7) is 0. The second kappa shape index (κ2) is 6.76. The van der Waals surface area contributed by atoms with Crippen molar-refractivity contribution in [3.8, 4) is 0 Å². The predicted molar refractivity (Wildman–Crippen MR) is 82.7 cm³/mol. The molecule has 0 bridgehead atoms. The molecule has 6 heteroatoms. The Bertz CT molecular complexity index is 672. The number of oxime groups is 1. The molecule has 2 aromatic rings. The zero-order valence-corrected chi connectivity index (χ0v) is 11.8. The quantitative estimate of drug-likeness (QED) is 0.351. The first-order valence-corrected chi connectivity index (χ1v) is 6.59. The molecule has 0 aliphatic carbocycles. The van der Waals surface area contributed by atoms with Crippen molar-refractivity contribution in [2.45, 2.75) is 6.42 Å². The second-order valence-electron chi connectivity index (χ2n) is 4.39. The Kier molecular flexibility index (Phi) is 4.79. The summed E-state index contributed by atoms with van der Waals surface area (Å²) in [5.41, 5.74) is 7.30. The van der Waals surface area contributed by atoms with Gasteiger partial charge in [0.15, 0.2) is 5.84 Å². The van der Waals surface area contributed by atoms with E-state index in [-0.39, 0.29) is 18.2 Å². The van der Waals surface area contributed by atoms with E-state index in [9.17, 15) is 4.79 Å². The number of hydrogen-bond acceptors (Lipinski definition) is 3. The summed E-state index contributed by atoms with van der Waals surface area (Å²) in [5.74, 6) is -0.245. The van der Waals surface area contributed by atoms with Crippen LogP contribution >= 0.6 is 11.6 Å². The first-order valence-electron chi connectivity index (χ1n) is 6.21. The molecule has 4 N–H and O–H groups in total. The monoisotopic (exact) mass is 303 g/mol. The number of amides is 1. The van der Waals surface area contributed by atoms with Gasteiger partial charge in [0.25, 0.3) is 0 Å². The van der Waals surface area contributed by atoms with Gasteiger partial charge in [-0.3, -0.25) is 4.79 Å². The van der Waals surface area contributed by atoms with Crippen LogP contribution in [0.5, 0.6) is 0 Å². The molecule has 0 aliphatic rings. The lowest BCUT2D eigenvalue weighted by Gasteiger charge is -2.09. The molecule has 5 nitrogen and oxygen atoms in total. The van der Waals surface area contributed by atoms with Gasteiger partial charge in [-0.15, -0.1) is 0 Å². The van der Waals surface area contributed by atoms with E-state index in [1.807, 2.05) is 30.3 Å². The van der Waals surface area contributed by atoms with Crippen LogP contribution in [-0.2, 0) is 11.2 Å². The Balaban J connectivity index is 2.13. The first-order chi connectivity index (χ1) is 10.1. The molecule has 108 valence electrons. The zero-order chi connectivity index (χ0) is 15.2. The number of hydrogen-bond donors (Lipinski definition) is 3. The fourth-order valence-corrected chi connectivity index (χ4v) is 1.98. The summed E-state index contributed by atoms with van der Waals surface area (Å²) >= 11 is 6.03. The first kappa shape index (κ1) is 14.9. The van der Waals surface area contributed by atoms with Gasteiger partial charge in [-0.05, 0) is 23.8 Å². The molecule has 0 saturated heterocycles. The van der Waals surface area contributed by atoms with E-state index in [0.29, 0.717) is 16.3 Å². The summed E-state index contributed by atoms with van der Waals surface area (Å²) in [5, 5.41) is 14.7. The molecule has 0 aliphatic heterocycles. The maximum absolute atomic E-state index is 12.0. The van der Waals surface area contributed by atoms with Crippen molar-refractivity contribution in [2.24, 2.45) is 10.9 Å². The lowest BCUT2D eigenvalue weighted by molar-refractivity contribution is -0.115. The van der Waals surface area contributed by atoms with Crippen LogP contribution in [0.4, 0.5) is 5.69 Å². The van der Waals surface area contributed by atoms with Crippen molar-refractivity contribution in [3.05, 3.63) is 64.7 Å². The van der Waals surface area contributed by atoms with Gasteiger partial charge in [0.2, 0.25) is 5.91 Å². The number of rotatable bonds is 4. The smallest absolute Gasteiger partial charge is 0.228 e. The van der Waals surface area contributed by atoms with Crippen molar-refractivity contribution in [3.63, 3.8) is 0 Å². The maximum Gasteiger partial charge on any atom is 0.228 e. The number of carbonyl (C=O) groups is 1. The van der Waals surface area contributed by atoms with Gasteiger partial charge in [-0.1, -0.05) is 47.1 Å². The molecule has 0 atom stereocenters. The van der Waals surface area contributed by atoms with Gasteiger partial charge in [0.1, 0.15) is 0 Å². The third-order valence-corrected chi connectivity index (χ3v) is 3.18. The van der Waals surface area contributed by atoms with E-state index in [4.69, 9.17) is 22.5 Å². The molecule has 2 aromatic carbocycles. The molecule has 1 amide bonds. The van der Waals surface area contributed by atoms with Crippen LogP contribution in [0.25, 0.3) is 0 Å². The summed E-state index contributed by atoms with van der Waals surface area (Å²) in [6, 6.07) is 14.1. The Morgan fingerprint density at radius 1 is 1.24 bits per heavy atom. The summed E-state index contributed by atoms with van der Waals surface area (Å²) in [7, 11) is 0. The Morgan fingerprint density at radius 2 is 1.95 bits per heavy atom. The molecular formula is C15H14ClN3O2. The number of anilines is 1. The molecule has 0 radical (unpaired) electrons. The number of benzene rings is 2. The standard InChI is InChI=1S/C15H14ClN3O2/c16-12-7-6-11(15(17)19-21)9-13(12)18-14(20)8-10-4-2-1-3-5-10/h1-7,9,21H,8H2,(H2,17,19)(H,18,20). The fraction of sp³-hybridized carbons (Fsp3) is 0.0667. The average molecular weight is 304 g/mol. The van der Waals surface area contributed by atoms with Gasteiger partial charge in [0, 0.05) is 5.56 Å². The Hall–Kier alpha value is -2.53. The van der Waals surface area contributed by atoms with Gasteiger partial charge in [-0.25, -0.2) is 0 Å². The molecule has 21 heavy (non-hydrogen) atoms. The van der Waals surface area contributed by atoms with Crippen molar-refractivity contribution in [1.82, 2.24) is 0 Å². The number of carbonyl (C=O) groups excluding carboxylic acids is 1. The number of nitrogens with two attached hydrogens (primary N) is 1. The topological polar surface area (TPSA) is 87.7 Å². The van der Waals surface area contributed by atoms with Gasteiger partial charge in [0.05, 0.1) is 17.1 Å². The predicted octanol–water partition coefficient (Wildman–Crippen LogP) is 2.62. The highest BCUT2D eigenvalue weighted by Crippen LogP contribution is 2.23. The maximum atomic E-state index is 12.0. The van der Waals surface area contributed by atoms with E-state index in [0.717, 1.165) is 5.56 Å². The molecule has 0 fully saturated rings. The Morgan fingerprint density at radius 3 is 2.62 bits per heavy atom. The lowest BCUT2D eigenvalue weighted by atomic mass is 10.1. The molecule has 0 aromatic heterocycles. The van der Waals surface area contributed by atoms with Crippen molar-refractivity contribution in [2.75, 3.05) is 5.32 Å². The SMILES string of the molecule is N/C(=N/O)c1ccc(Cl)c(NC(=O)Cc2ccccc2)c1. The largest absolute Gasteiger partial charge is 0.409 e. The number of nitrogens with one attached hydrogen (secondary N) is 1. The minimum Gasteiger partial charge on any atom is -0.409 e. The van der Waals surface area contributed by atoms with E-state index in [2.05, 4.69) is 10.5 Å². The zero-order valence-electron chi connectivity index (χ0n) is 11.1. The van der Waals surface area contributed by atoms with Gasteiger partial charge in [-0.2, -0.15) is 0 Å². The molecule has 0 unspecified atom stereocenters. The van der Waals surface area contributed by atoms with E-state index in [1.165, 1.54) is 0 Å². The van der Waals surface area contributed by atoms with Crippen molar-refractivity contribution in [1.29, 1.82) is 0 Å². The summed E-state index contributed by atoms with van der Waals surface area (Å²) in [4.78, 5) is 12.0. The third-order valence-electron chi connectivity index (χ3n) is 2.85. The van der Waals surface area contributed by atoms with Crippen LogP contribution in [0.3, 0.4) is 0 Å². The minimum atomic E-state index is -0.195. The number of halogens is 1. The Labute approximate surface area is 127 Å². The highest BCUT2D eigenvalue weighted by atomic mass is 35.5. The number of nitrogens with zero attached hydrogens (tertiary/aromatic N) is 1. The molecule has 0 spiro atoms. The van der Waals surface area contributed by atoms with Gasteiger partial charge < -0.3 is 16.3 Å². The molecular weight excluding hydrogens is 290 g/mol. The highest BCUT2D eigenvalue weighted by Gasteiger charge is 2.09.